The van der Waals surface area contributed by atoms with Crippen LogP contribution in [-0.4, -0.2) is 18.8 Å². The van der Waals surface area contributed by atoms with Crippen molar-refractivity contribution in [3.63, 3.8) is 0 Å². The highest BCUT2D eigenvalue weighted by Crippen LogP contribution is 2.36. The van der Waals surface area contributed by atoms with E-state index in [1.807, 2.05) is 6.92 Å². The molecule has 0 spiro atoms. The zero-order valence-corrected chi connectivity index (χ0v) is 8.83. The number of rotatable bonds is 7. The Hall–Kier alpha value is -0.560. The van der Waals surface area contributed by atoms with E-state index in [2.05, 4.69) is 11.3 Å². The van der Waals surface area contributed by atoms with E-state index in [1.54, 1.807) is 0 Å². The van der Waals surface area contributed by atoms with Crippen LogP contribution in [0, 0.1) is 18.3 Å². The monoisotopic (exact) mass is 196 g/mol. The van der Waals surface area contributed by atoms with E-state index in [-0.39, 0.29) is 12.1 Å². The smallest absolute Gasteiger partial charge is 0.0769 e. The van der Waals surface area contributed by atoms with Crippen molar-refractivity contribution in [2.24, 2.45) is 11.8 Å². The fourth-order valence-corrected chi connectivity index (χ4v) is 1.78. The van der Waals surface area contributed by atoms with Gasteiger partial charge >= 0.3 is 0 Å². The van der Waals surface area contributed by atoms with Gasteiger partial charge in [0, 0.05) is 19.1 Å². The minimum atomic E-state index is 0.207. The molecule has 1 fully saturated rings. The number of hydrogen-bond acceptors (Lipinski definition) is 3. The highest BCUT2D eigenvalue weighted by atomic mass is 16.5. The second kappa shape index (κ2) is 6.02. The molecule has 0 saturated heterocycles. The van der Waals surface area contributed by atoms with Gasteiger partial charge < -0.3 is 4.74 Å². The Morgan fingerprint density at radius 3 is 2.79 bits per heavy atom. The van der Waals surface area contributed by atoms with E-state index in [4.69, 9.17) is 17.0 Å². The Kier molecular flexibility index (Phi) is 4.95. The van der Waals surface area contributed by atoms with Crippen molar-refractivity contribution < 1.29 is 4.74 Å². The van der Waals surface area contributed by atoms with Gasteiger partial charge in [0.2, 0.25) is 0 Å². The molecule has 80 valence electrons. The Balaban J connectivity index is 2.40. The van der Waals surface area contributed by atoms with Gasteiger partial charge in [-0.15, -0.1) is 12.3 Å². The predicted octanol–water partition coefficient (Wildman–Crippen LogP) is 1.05. The fourth-order valence-electron chi connectivity index (χ4n) is 1.78. The standard InChI is InChI=1S/C11H20N2O/c1-3-5-6-10(13-12)11(14-4-2)9-7-8-9/h1,9-11,13H,4-8,12H2,2H3. The average Bonchev–Trinajstić information content (AvgIpc) is 3.00. The molecule has 0 bridgehead atoms. The van der Waals surface area contributed by atoms with Crippen molar-refractivity contribution >= 4 is 0 Å². The van der Waals surface area contributed by atoms with E-state index in [0.29, 0.717) is 5.92 Å². The molecule has 3 heteroatoms. The van der Waals surface area contributed by atoms with Gasteiger partial charge in [0.15, 0.2) is 0 Å². The zero-order chi connectivity index (χ0) is 10.4. The van der Waals surface area contributed by atoms with Crippen molar-refractivity contribution in [3.8, 4) is 12.3 Å². The van der Waals surface area contributed by atoms with Crippen LogP contribution in [0.15, 0.2) is 0 Å². The molecule has 14 heavy (non-hydrogen) atoms. The summed E-state index contributed by atoms with van der Waals surface area (Å²) in [6.45, 7) is 2.76. The van der Waals surface area contributed by atoms with Crippen molar-refractivity contribution in [1.82, 2.24) is 5.43 Å². The van der Waals surface area contributed by atoms with Crippen LogP contribution in [-0.2, 0) is 4.74 Å². The van der Waals surface area contributed by atoms with Crippen molar-refractivity contribution in [2.45, 2.75) is 44.8 Å². The third-order valence-electron chi connectivity index (χ3n) is 2.66. The van der Waals surface area contributed by atoms with Gasteiger partial charge in [-0.2, -0.15) is 0 Å². The molecule has 1 aliphatic rings. The van der Waals surface area contributed by atoms with Crippen LogP contribution < -0.4 is 11.3 Å². The summed E-state index contributed by atoms with van der Waals surface area (Å²) in [5, 5.41) is 0. The number of ether oxygens (including phenoxy) is 1. The summed E-state index contributed by atoms with van der Waals surface area (Å²) in [5.41, 5.74) is 2.82. The predicted molar refractivity (Wildman–Crippen MR) is 57.3 cm³/mol. The van der Waals surface area contributed by atoms with Crippen molar-refractivity contribution in [1.29, 1.82) is 0 Å². The summed E-state index contributed by atoms with van der Waals surface area (Å²) < 4.78 is 5.70. The van der Waals surface area contributed by atoms with Crippen molar-refractivity contribution in [2.75, 3.05) is 6.61 Å². The summed E-state index contributed by atoms with van der Waals surface area (Å²) in [5.74, 6) is 8.84. The Bertz CT molecular complexity index is 196. The van der Waals surface area contributed by atoms with Gasteiger partial charge in [0.05, 0.1) is 6.10 Å². The number of nitrogens with two attached hydrogens (primary N) is 1. The third-order valence-corrected chi connectivity index (χ3v) is 2.66. The topological polar surface area (TPSA) is 47.3 Å². The summed E-state index contributed by atoms with van der Waals surface area (Å²) in [4.78, 5) is 0. The van der Waals surface area contributed by atoms with Crippen LogP contribution in [0.2, 0.25) is 0 Å². The number of terminal acetylenes is 1. The summed E-state index contributed by atoms with van der Waals surface area (Å²) in [6.07, 6.45) is 9.66. The molecule has 3 nitrogen and oxygen atoms in total. The maximum Gasteiger partial charge on any atom is 0.0769 e. The Morgan fingerprint density at radius 2 is 2.36 bits per heavy atom. The van der Waals surface area contributed by atoms with E-state index in [1.165, 1.54) is 12.8 Å². The Morgan fingerprint density at radius 1 is 1.64 bits per heavy atom. The average molecular weight is 196 g/mol. The van der Waals surface area contributed by atoms with E-state index < -0.39 is 0 Å². The quantitative estimate of drug-likeness (QED) is 0.363. The molecule has 1 saturated carbocycles. The second-order valence-electron chi connectivity index (χ2n) is 3.77. The summed E-state index contributed by atoms with van der Waals surface area (Å²) >= 11 is 0. The Labute approximate surface area is 86.4 Å². The lowest BCUT2D eigenvalue weighted by Crippen LogP contribution is -2.46. The molecule has 1 aliphatic carbocycles. The minimum absolute atomic E-state index is 0.207. The third kappa shape index (κ3) is 3.30. The van der Waals surface area contributed by atoms with Gasteiger partial charge in [-0.3, -0.25) is 11.3 Å². The SMILES string of the molecule is C#CCCC(NN)C(OCC)C1CC1. The first-order valence-corrected chi connectivity index (χ1v) is 5.34. The number of hydrogen-bond donors (Lipinski definition) is 2. The van der Waals surface area contributed by atoms with Crippen LogP contribution >= 0.6 is 0 Å². The molecule has 2 unspecified atom stereocenters. The first kappa shape index (κ1) is 11.5. The van der Waals surface area contributed by atoms with Gasteiger partial charge in [-0.25, -0.2) is 0 Å². The molecular weight excluding hydrogens is 176 g/mol. The highest BCUT2D eigenvalue weighted by molar-refractivity contribution is 4.93. The van der Waals surface area contributed by atoms with E-state index >= 15 is 0 Å². The number of nitrogens with one attached hydrogen (secondary N) is 1. The van der Waals surface area contributed by atoms with Crippen LogP contribution in [0.4, 0.5) is 0 Å². The first-order valence-electron chi connectivity index (χ1n) is 5.34. The molecule has 0 aromatic rings. The number of hydrazine groups is 1. The maximum atomic E-state index is 5.70. The van der Waals surface area contributed by atoms with Crippen LogP contribution in [0.25, 0.3) is 0 Å². The maximum absolute atomic E-state index is 5.70. The molecule has 1 rings (SSSR count). The minimum Gasteiger partial charge on any atom is -0.377 e. The van der Waals surface area contributed by atoms with E-state index in [0.717, 1.165) is 19.4 Å². The zero-order valence-electron chi connectivity index (χ0n) is 8.83. The normalized spacial score (nSPS) is 20.1. The molecule has 0 aliphatic heterocycles. The lowest BCUT2D eigenvalue weighted by molar-refractivity contribution is 0.0173. The lowest BCUT2D eigenvalue weighted by atomic mass is 10.0. The van der Waals surface area contributed by atoms with Crippen molar-refractivity contribution in [3.05, 3.63) is 0 Å². The fraction of sp³-hybridized carbons (Fsp3) is 0.818. The molecule has 0 aromatic carbocycles. The molecule has 2 atom stereocenters. The van der Waals surface area contributed by atoms with Gasteiger partial charge in [-0.1, -0.05) is 0 Å². The van der Waals surface area contributed by atoms with Crippen LogP contribution in [0.5, 0.6) is 0 Å². The largest absolute Gasteiger partial charge is 0.377 e. The first-order chi connectivity index (χ1) is 6.83. The summed E-state index contributed by atoms with van der Waals surface area (Å²) in [7, 11) is 0. The van der Waals surface area contributed by atoms with E-state index in [9.17, 15) is 0 Å². The van der Waals surface area contributed by atoms with Gasteiger partial charge in [0.25, 0.3) is 0 Å². The van der Waals surface area contributed by atoms with Gasteiger partial charge in [-0.05, 0) is 32.1 Å². The molecule has 3 N–H and O–H groups in total. The van der Waals surface area contributed by atoms with Crippen LogP contribution in [0.3, 0.4) is 0 Å². The van der Waals surface area contributed by atoms with Crippen LogP contribution in [0.1, 0.15) is 32.6 Å². The molecule has 0 heterocycles. The second-order valence-corrected chi connectivity index (χ2v) is 3.77. The highest BCUT2D eigenvalue weighted by Gasteiger charge is 2.36. The molecule has 0 aromatic heterocycles. The summed E-state index contributed by atoms with van der Waals surface area (Å²) in [6, 6.07) is 0.207. The molecule has 0 amide bonds. The molecule has 0 radical (unpaired) electrons. The van der Waals surface area contributed by atoms with Gasteiger partial charge in [0.1, 0.15) is 0 Å². The lowest BCUT2D eigenvalue weighted by Gasteiger charge is -2.25. The molecular formula is C11H20N2O.